The number of nitrogens with one attached hydrogen (secondary N) is 1. The van der Waals surface area contributed by atoms with Gasteiger partial charge in [-0.25, -0.2) is 0 Å². The third kappa shape index (κ3) is 5.38. The maximum atomic E-state index is 8.64. The first-order valence-electron chi connectivity index (χ1n) is 6.60. The molecule has 0 heterocycles. The summed E-state index contributed by atoms with van der Waals surface area (Å²) in [7, 11) is 0. The van der Waals surface area contributed by atoms with Crippen molar-refractivity contribution in [3.05, 3.63) is 23.8 Å². The van der Waals surface area contributed by atoms with Crippen LogP contribution in [-0.2, 0) is 6.42 Å². The molecule has 0 aromatic heterocycles. The summed E-state index contributed by atoms with van der Waals surface area (Å²) in [5.41, 5.74) is 7.86. The smallest absolute Gasteiger partial charge is 0.142 e. The van der Waals surface area contributed by atoms with Gasteiger partial charge < -0.3 is 20.9 Å². The minimum atomic E-state index is 0.252. The predicted octanol–water partition coefficient (Wildman–Crippen LogP) is 1.57. The fraction of sp³-hybridized carbons (Fsp3) is 0.571. The van der Waals surface area contributed by atoms with Gasteiger partial charge >= 0.3 is 0 Å². The lowest BCUT2D eigenvalue weighted by Crippen LogP contribution is -2.18. The van der Waals surface area contributed by atoms with Crippen LogP contribution in [0.2, 0.25) is 0 Å². The van der Waals surface area contributed by atoms with Crippen molar-refractivity contribution in [2.45, 2.75) is 26.2 Å². The van der Waals surface area contributed by atoms with Crippen LogP contribution in [-0.4, -0.2) is 31.4 Å². The summed E-state index contributed by atoms with van der Waals surface area (Å²) in [6.07, 6.45) is 2.89. The van der Waals surface area contributed by atoms with Crippen LogP contribution in [0.4, 0.5) is 5.69 Å². The average molecular weight is 252 g/mol. The van der Waals surface area contributed by atoms with E-state index in [1.54, 1.807) is 0 Å². The number of aryl methyl sites for hydroxylation is 1. The molecule has 102 valence electrons. The Morgan fingerprint density at radius 3 is 2.72 bits per heavy atom. The molecule has 0 bridgehead atoms. The molecule has 0 amide bonds. The number of nitrogen functional groups attached to an aromatic ring is 1. The van der Waals surface area contributed by atoms with E-state index in [9.17, 15) is 0 Å². The maximum absolute atomic E-state index is 8.64. The Bertz CT molecular complexity index is 343. The van der Waals surface area contributed by atoms with E-state index in [4.69, 9.17) is 15.6 Å². The number of anilines is 1. The third-order valence-corrected chi connectivity index (χ3v) is 2.70. The molecule has 1 rings (SSSR count). The van der Waals surface area contributed by atoms with Gasteiger partial charge in [0.25, 0.3) is 0 Å². The van der Waals surface area contributed by atoms with Crippen molar-refractivity contribution in [1.82, 2.24) is 5.32 Å². The lowest BCUT2D eigenvalue weighted by atomic mass is 10.1. The lowest BCUT2D eigenvalue weighted by molar-refractivity contribution is 0.286. The average Bonchev–Trinajstić information content (AvgIpc) is 2.37. The van der Waals surface area contributed by atoms with Gasteiger partial charge in [-0.05, 0) is 57.0 Å². The first kappa shape index (κ1) is 14.8. The van der Waals surface area contributed by atoms with Crippen LogP contribution in [0.25, 0.3) is 0 Å². The maximum Gasteiger partial charge on any atom is 0.142 e. The van der Waals surface area contributed by atoms with E-state index < -0.39 is 0 Å². The summed E-state index contributed by atoms with van der Waals surface area (Å²) in [5, 5.41) is 11.9. The largest absolute Gasteiger partial charge is 0.492 e. The van der Waals surface area contributed by atoms with E-state index in [0.717, 1.165) is 38.1 Å². The first-order chi connectivity index (χ1) is 8.77. The Morgan fingerprint density at radius 1 is 1.28 bits per heavy atom. The van der Waals surface area contributed by atoms with Crippen molar-refractivity contribution in [3.63, 3.8) is 0 Å². The quantitative estimate of drug-likeness (QED) is 0.461. The molecule has 0 radical (unpaired) electrons. The highest BCUT2D eigenvalue weighted by Gasteiger charge is 2.01. The molecule has 0 atom stereocenters. The molecule has 0 aliphatic heterocycles. The van der Waals surface area contributed by atoms with Gasteiger partial charge in [-0.3, -0.25) is 0 Å². The topological polar surface area (TPSA) is 67.5 Å². The molecule has 18 heavy (non-hydrogen) atoms. The number of rotatable bonds is 9. The number of nitrogens with two attached hydrogens (primary N) is 1. The molecule has 0 aliphatic carbocycles. The minimum absolute atomic E-state index is 0.252. The molecular weight excluding hydrogens is 228 g/mol. The van der Waals surface area contributed by atoms with E-state index in [1.807, 2.05) is 19.1 Å². The number of hydrogen-bond donors (Lipinski definition) is 3. The second-order valence-electron chi connectivity index (χ2n) is 4.24. The second-order valence-corrected chi connectivity index (χ2v) is 4.24. The van der Waals surface area contributed by atoms with Crippen LogP contribution in [0.15, 0.2) is 18.2 Å². The Hall–Kier alpha value is -1.26. The van der Waals surface area contributed by atoms with Crippen molar-refractivity contribution < 1.29 is 9.84 Å². The SMILES string of the molecule is CCOc1ccc(CCCNCCCO)cc1N. The van der Waals surface area contributed by atoms with Crippen LogP contribution in [0.1, 0.15) is 25.3 Å². The second kappa shape index (κ2) is 8.78. The van der Waals surface area contributed by atoms with E-state index in [0.29, 0.717) is 12.3 Å². The summed E-state index contributed by atoms with van der Waals surface area (Å²) >= 11 is 0. The number of aliphatic hydroxyl groups excluding tert-OH is 1. The van der Waals surface area contributed by atoms with Gasteiger partial charge in [0.05, 0.1) is 12.3 Å². The van der Waals surface area contributed by atoms with Gasteiger partial charge in [0.2, 0.25) is 0 Å². The molecule has 4 N–H and O–H groups in total. The van der Waals surface area contributed by atoms with Crippen molar-refractivity contribution in [1.29, 1.82) is 0 Å². The number of benzene rings is 1. The standard InChI is InChI=1S/C14H24N2O2/c1-2-18-14-7-6-12(11-13(14)15)5-3-8-16-9-4-10-17/h6-7,11,16-17H,2-5,8-10,15H2,1H3. The van der Waals surface area contributed by atoms with Crippen molar-refractivity contribution in [2.24, 2.45) is 0 Å². The van der Waals surface area contributed by atoms with Gasteiger partial charge in [-0.15, -0.1) is 0 Å². The highest BCUT2D eigenvalue weighted by Crippen LogP contribution is 2.22. The predicted molar refractivity (Wildman–Crippen MR) is 74.9 cm³/mol. The van der Waals surface area contributed by atoms with Crippen LogP contribution in [0, 0.1) is 0 Å². The number of ether oxygens (including phenoxy) is 1. The molecule has 1 aromatic carbocycles. The van der Waals surface area contributed by atoms with Crippen LogP contribution >= 0.6 is 0 Å². The molecule has 0 saturated carbocycles. The molecule has 0 spiro atoms. The number of aliphatic hydroxyl groups is 1. The molecule has 0 saturated heterocycles. The highest BCUT2D eigenvalue weighted by atomic mass is 16.5. The molecule has 0 unspecified atom stereocenters. The van der Waals surface area contributed by atoms with Crippen molar-refractivity contribution >= 4 is 5.69 Å². The Labute approximate surface area is 109 Å². The van der Waals surface area contributed by atoms with Crippen LogP contribution in [0.3, 0.4) is 0 Å². The third-order valence-electron chi connectivity index (χ3n) is 2.70. The zero-order valence-electron chi connectivity index (χ0n) is 11.1. The Kier molecular flexibility index (Phi) is 7.22. The van der Waals surface area contributed by atoms with Gasteiger partial charge in [0.15, 0.2) is 0 Å². The summed E-state index contributed by atoms with van der Waals surface area (Å²) in [4.78, 5) is 0. The zero-order chi connectivity index (χ0) is 13.2. The normalized spacial score (nSPS) is 10.6. The molecule has 0 aliphatic rings. The highest BCUT2D eigenvalue weighted by molar-refractivity contribution is 5.54. The summed E-state index contributed by atoms with van der Waals surface area (Å²) in [6, 6.07) is 5.99. The van der Waals surface area contributed by atoms with Gasteiger partial charge in [-0.2, -0.15) is 0 Å². The Balaban J connectivity index is 2.28. The van der Waals surface area contributed by atoms with Crippen LogP contribution in [0.5, 0.6) is 5.75 Å². The monoisotopic (exact) mass is 252 g/mol. The van der Waals surface area contributed by atoms with Gasteiger partial charge in [-0.1, -0.05) is 6.07 Å². The fourth-order valence-electron chi connectivity index (χ4n) is 1.79. The number of hydrogen-bond acceptors (Lipinski definition) is 4. The lowest BCUT2D eigenvalue weighted by Gasteiger charge is -2.09. The van der Waals surface area contributed by atoms with E-state index in [-0.39, 0.29) is 6.61 Å². The molecule has 0 fully saturated rings. The van der Waals surface area contributed by atoms with E-state index >= 15 is 0 Å². The molecule has 4 heteroatoms. The Morgan fingerprint density at radius 2 is 2.06 bits per heavy atom. The van der Waals surface area contributed by atoms with Gasteiger partial charge in [0.1, 0.15) is 5.75 Å². The van der Waals surface area contributed by atoms with Crippen LogP contribution < -0.4 is 15.8 Å². The van der Waals surface area contributed by atoms with E-state index in [1.165, 1.54) is 5.56 Å². The van der Waals surface area contributed by atoms with Crippen molar-refractivity contribution in [2.75, 3.05) is 32.0 Å². The summed E-state index contributed by atoms with van der Waals surface area (Å²) in [6.45, 7) is 4.68. The minimum Gasteiger partial charge on any atom is -0.492 e. The molecule has 4 nitrogen and oxygen atoms in total. The van der Waals surface area contributed by atoms with E-state index in [2.05, 4.69) is 11.4 Å². The molecular formula is C14H24N2O2. The van der Waals surface area contributed by atoms with Crippen molar-refractivity contribution in [3.8, 4) is 5.75 Å². The summed E-state index contributed by atoms with van der Waals surface area (Å²) in [5.74, 6) is 0.766. The summed E-state index contributed by atoms with van der Waals surface area (Å²) < 4.78 is 5.40. The first-order valence-corrected chi connectivity index (χ1v) is 6.60. The molecule has 1 aromatic rings. The fourth-order valence-corrected chi connectivity index (χ4v) is 1.79. The van der Waals surface area contributed by atoms with Gasteiger partial charge in [0, 0.05) is 6.61 Å². The zero-order valence-corrected chi connectivity index (χ0v) is 11.1.